The molecule has 12 heteroatoms. The van der Waals surface area contributed by atoms with Crippen molar-refractivity contribution in [1.29, 1.82) is 0 Å². The Balaban J connectivity index is 1.57. The van der Waals surface area contributed by atoms with Gasteiger partial charge in [0.2, 0.25) is 11.8 Å². The Hall–Kier alpha value is -3.80. The Kier molecular flexibility index (Phi) is 5.97. The zero-order valence-corrected chi connectivity index (χ0v) is 19.5. The molecule has 2 N–H and O–H groups in total. The minimum atomic E-state index is -0.707. The molecule has 0 unspecified atom stereocenters. The molecule has 1 aliphatic carbocycles. The topological polar surface area (TPSA) is 107 Å². The summed E-state index contributed by atoms with van der Waals surface area (Å²) in [6.07, 6.45) is 7.80. The highest BCUT2D eigenvalue weighted by Crippen LogP contribution is 2.35. The quantitative estimate of drug-likeness (QED) is 0.432. The van der Waals surface area contributed by atoms with E-state index in [1.54, 1.807) is 7.11 Å². The number of anilines is 1. The largest absolute Gasteiger partial charge is 0.479 e. The molecule has 0 atom stereocenters. The molecule has 1 aliphatic rings. The molecule has 4 aromatic heterocycles. The van der Waals surface area contributed by atoms with Crippen LogP contribution in [-0.2, 0) is 4.74 Å². The van der Waals surface area contributed by atoms with Gasteiger partial charge in [0.1, 0.15) is 11.2 Å². The van der Waals surface area contributed by atoms with E-state index in [4.69, 9.17) is 9.47 Å². The highest BCUT2D eigenvalue weighted by Gasteiger charge is 2.25. The molecule has 1 saturated carbocycles. The third-order valence-corrected chi connectivity index (χ3v) is 6.40. The van der Waals surface area contributed by atoms with Crippen LogP contribution in [0.4, 0.5) is 14.7 Å². The van der Waals surface area contributed by atoms with Gasteiger partial charge in [0, 0.05) is 32.0 Å². The summed E-state index contributed by atoms with van der Waals surface area (Å²) in [5, 5.41) is 10.2. The summed E-state index contributed by atoms with van der Waals surface area (Å²) in [6.45, 7) is 0. The molecule has 5 rings (SSSR count). The molecule has 1 fully saturated rings. The number of pyridine rings is 1. The minimum Gasteiger partial charge on any atom is -0.479 e. The number of amides is 1. The van der Waals surface area contributed by atoms with E-state index < -0.39 is 17.5 Å². The van der Waals surface area contributed by atoms with Gasteiger partial charge in [0.15, 0.2) is 17.3 Å². The summed E-state index contributed by atoms with van der Waals surface area (Å²) in [6, 6.07) is 1.32. The van der Waals surface area contributed by atoms with Gasteiger partial charge in [-0.1, -0.05) is 0 Å². The third kappa shape index (κ3) is 4.03. The number of nitrogens with zero attached hydrogens (tertiary/aromatic N) is 5. The maximum absolute atomic E-state index is 15.3. The van der Waals surface area contributed by atoms with Crippen LogP contribution in [0.2, 0.25) is 0 Å². The molecule has 10 nitrogen and oxygen atoms in total. The zero-order valence-electron chi connectivity index (χ0n) is 19.5. The fraction of sp³-hybridized carbons (Fsp3) is 0.391. The Morgan fingerprint density at radius 2 is 1.91 bits per heavy atom. The van der Waals surface area contributed by atoms with Crippen LogP contribution in [0.5, 0.6) is 5.88 Å². The smallest absolute Gasteiger partial charge is 0.269 e. The lowest BCUT2D eigenvalue weighted by Gasteiger charge is -2.28. The van der Waals surface area contributed by atoms with Crippen LogP contribution in [0, 0.1) is 11.6 Å². The predicted molar refractivity (Wildman–Crippen MR) is 124 cm³/mol. The molecule has 184 valence electrons. The number of hydrogen-bond acceptors (Lipinski definition) is 7. The molecule has 0 radical (unpaired) electrons. The van der Waals surface area contributed by atoms with Gasteiger partial charge >= 0.3 is 0 Å². The number of hydrogen-bond donors (Lipinski definition) is 2. The normalized spacial score (nSPS) is 18.2. The first-order valence-corrected chi connectivity index (χ1v) is 11.2. The Morgan fingerprint density at radius 1 is 1.14 bits per heavy atom. The number of carbonyl (C=O) groups excluding carboxylic acids is 1. The number of methoxy groups -OCH3 is 2. The Labute approximate surface area is 199 Å². The van der Waals surface area contributed by atoms with E-state index in [9.17, 15) is 9.18 Å². The summed E-state index contributed by atoms with van der Waals surface area (Å²) in [5.74, 6) is -1.37. The maximum atomic E-state index is 15.3. The van der Waals surface area contributed by atoms with Crippen LogP contribution in [0.15, 0.2) is 24.7 Å². The van der Waals surface area contributed by atoms with E-state index in [0.29, 0.717) is 5.95 Å². The lowest BCUT2D eigenvalue weighted by molar-refractivity contribution is 0.0681. The van der Waals surface area contributed by atoms with Gasteiger partial charge in [-0.2, -0.15) is 4.98 Å². The van der Waals surface area contributed by atoms with Crippen molar-refractivity contribution in [2.45, 2.75) is 37.8 Å². The lowest BCUT2D eigenvalue weighted by Crippen LogP contribution is -2.30. The number of nitrogens with one attached hydrogen (secondary N) is 2. The summed E-state index contributed by atoms with van der Waals surface area (Å²) in [5.41, 5.74) is 0.531. The van der Waals surface area contributed by atoms with Crippen LogP contribution < -0.4 is 15.4 Å². The summed E-state index contributed by atoms with van der Waals surface area (Å²) in [4.78, 5) is 20.6. The van der Waals surface area contributed by atoms with E-state index in [2.05, 4.69) is 25.7 Å². The highest BCUT2D eigenvalue weighted by molar-refractivity contribution is 5.93. The van der Waals surface area contributed by atoms with Gasteiger partial charge in [0.05, 0.1) is 31.2 Å². The van der Waals surface area contributed by atoms with Crippen LogP contribution >= 0.6 is 0 Å². The van der Waals surface area contributed by atoms with Crippen molar-refractivity contribution in [3.8, 4) is 17.0 Å². The van der Waals surface area contributed by atoms with Crippen molar-refractivity contribution in [2.75, 3.05) is 26.6 Å². The van der Waals surface area contributed by atoms with Gasteiger partial charge in [-0.25, -0.2) is 18.3 Å². The average molecular weight is 485 g/mol. The van der Waals surface area contributed by atoms with E-state index in [-0.39, 0.29) is 46.0 Å². The lowest BCUT2D eigenvalue weighted by atomic mass is 9.93. The molecule has 4 heterocycles. The molecule has 0 aliphatic heterocycles. The van der Waals surface area contributed by atoms with Crippen LogP contribution in [0.3, 0.4) is 0 Å². The molecule has 0 saturated heterocycles. The number of carbonyl (C=O) groups is 1. The Morgan fingerprint density at radius 3 is 2.60 bits per heavy atom. The fourth-order valence-electron chi connectivity index (χ4n) is 4.60. The highest BCUT2D eigenvalue weighted by atomic mass is 19.1. The number of aromatic nitrogens is 5. The molecule has 0 aromatic carbocycles. The first kappa shape index (κ1) is 23.0. The summed E-state index contributed by atoms with van der Waals surface area (Å²) >= 11 is 0. The van der Waals surface area contributed by atoms with Gasteiger partial charge in [0.25, 0.3) is 5.91 Å². The molecular formula is C23H25F2N7O3. The van der Waals surface area contributed by atoms with Crippen molar-refractivity contribution in [3.05, 3.63) is 42.0 Å². The predicted octanol–water partition coefficient (Wildman–Crippen LogP) is 3.06. The molecule has 0 bridgehead atoms. The molecule has 1 amide bonds. The van der Waals surface area contributed by atoms with Crippen LogP contribution in [-0.4, -0.2) is 63.3 Å². The maximum Gasteiger partial charge on any atom is 0.269 e. The number of imidazole rings is 1. The van der Waals surface area contributed by atoms with Crippen LogP contribution in [0.1, 0.15) is 36.2 Å². The Bertz CT molecular complexity index is 1410. The van der Waals surface area contributed by atoms with Gasteiger partial charge in [-0.05, 0) is 31.7 Å². The van der Waals surface area contributed by atoms with Crippen molar-refractivity contribution < 1.29 is 23.0 Å². The number of fused-ring (bicyclic) bond motifs is 2. The van der Waals surface area contributed by atoms with E-state index >= 15 is 4.39 Å². The number of ether oxygens (including phenoxy) is 2. The second kappa shape index (κ2) is 9.10. The SMILES string of the molecule is CNC(=O)c1cnc2c(F)cc(-c3c(F)cn4nc(NC5CCC(OC)CC5)nc(OC)c34)cn12. The molecule has 4 aromatic rings. The average Bonchev–Trinajstić information content (AvgIpc) is 3.44. The van der Waals surface area contributed by atoms with Crippen LogP contribution in [0.25, 0.3) is 22.3 Å². The molecular weight excluding hydrogens is 460 g/mol. The number of rotatable bonds is 6. The van der Waals surface area contributed by atoms with Crippen molar-refractivity contribution >= 4 is 23.0 Å². The van der Waals surface area contributed by atoms with E-state index in [1.165, 1.54) is 41.7 Å². The van der Waals surface area contributed by atoms with Gasteiger partial charge in [-0.3, -0.25) is 9.20 Å². The van der Waals surface area contributed by atoms with Gasteiger partial charge in [-0.15, -0.1) is 5.10 Å². The fourth-order valence-corrected chi connectivity index (χ4v) is 4.60. The standard InChI is InChI=1S/C23H25F2N7O3/c1-26-21(33)17-9-27-20-15(24)8-12(10-31(17)20)18-16(25)11-32-19(18)22(35-3)29-23(30-32)28-13-4-6-14(34-2)7-5-13/h8-11,13-14H,4-7H2,1-3H3,(H,26,33)(H,28,30). The zero-order chi connectivity index (χ0) is 24.7. The summed E-state index contributed by atoms with van der Waals surface area (Å²) in [7, 11) is 4.60. The van der Waals surface area contributed by atoms with E-state index in [1.807, 2.05) is 0 Å². The van der Waals surface area contributed by atoms with Crippen molar-refractivity contribution in [3.63, 3.8) is 0 Å². The monoisotopic (exact) mass is 485 g/mol. The molecule has 0 spiro atoms. The summed E-state index contributed by atoms with van der Waals surface area (Å²) < 4.78 is 43.6. The first-order chi connectivity index (χ1) is 16.9. The second-order valence-electron chi connectivity index (χ2n) is 8.44. The third-order valence-electron chi connectivity index (χ3n) is 6.40. The van der Waals surface area contributed by atoms with Gasteiger partial charge < -0.3 is 20.1 Å². The molecule has 35 heavy (non-hydrogen) atoms. The van der Waals surface area contributed by atoms with E-state index in [0.717, 1.165) is 31.7 Å². The van der Waals surface area contributed by atoms with Crippen molar-refractivity contribution in [1.82, 2.24) is 29.3 Å². The first-order valence-electron chi connectivity index (χ1n) is 11.2. The van der Waals surface area contributed by atoms with Crippen molar-refractivity contribution in [2.24, 2.45) is 0 Å². The second-order valence-corrected chi connectivity index (χ2v) is 8.44. The minimum absolute atomic E-state index is 0.0471. The number of halogens is 2.